The van der Waals surface area contributed by atoms with Crippen molar-refractivity contribution in [3.63, 3.8) is 0 Å². The number of amides is 1. The minimum Gasteiger partial charge on any atom is -0.356 e. The zero-order valence-electron chi connectivity index (χ0n) is 17.2. The Labute approximate surface area is 177 Å². The van der Waals surface area contributed by atoms with Gasteiger partial charge in [0.05, 0.1) is 12.1 Å². The summed E-state index contributed by atoms with van der Waals surface area (Å²) in [5, 5.41) is 6.67. The van der Waals surface area contributed by atoms with Gasteiger partial charge >= 0.3 is 6.18 Å². The van der Waals surface area contributed by atoms with E-state index in [9.17, 15) is 18.0 Å². The molecule has 0 atom stereocenters. The molecule has 2 heterocycles. The molecule has 1 amide bonds. The molecule has 2 aromatic heterocycles. The molecular weight excluding hydrogens is 407 g/mol. The van der Waals surface area contributed by atoms with Gasteiger partial charge in [-0.3, -0.25) is 4.79 Å². The standard InChI is InChI=1S/C22H24F3N5O/c1-14-3-2-4-16(11-14)12-19(31)27-13-15-5-7-17(8-6-15)18-9-10-26-21-28-20(22(23,24)25)29-30(18)21/h2-4,9-11,15,17H,5-8,12-13H2,1H3,(H,27,31). The number of alkyl halides is 3. The fraction of sp³-hybridized carbons (Fsp3) is 0.455. The first kappa shape index (κ1) is 21.3. The minimum absolute atomic E-state index is 0.00543. The Kier molecular flexibility index (Phi) is 5.93. The molecule has 1 N–H and O–H groups in total. The molecule has 9 heteroatoms. The number of fused-ring (bicyclic) bond motifs is 1. The fourth-order valence-corrected chi connectivity index (χ4v) is 4.23. The van der Waals surface area contributed by atoms with Crippen molar-refractivity contribution < 1.29 is 18.0 Å². The average molecular weight is 431 g/mol. The lowest BCUT2D eigenvalue weighted by Crippen LogP contribution is -2.32. The Hall–Kier alpha value is -2.97. The molecule has 1 aromatic carbocycles. The van der Waals surface area contributed by atoms with Gasteiger partial charge in [-0.1, -0.05) is 29.8 Å². The minimum atomic E-state index is -4.60. The monoisotopic (exact) mass is 431 g/mol. The largest absolute Gasteiger partial charge is 0.453 e. The predicted octanol–water partition coefficient (Wildman–Crippen LogP) is 4.08. The van der Waals surface area contributed by atoms with Gasteiger partial charge in [-0.2, -0.15) is 18.2 Å². The number of aromatic nitrogens is 4. The number of carbonyl (C=O) groups excluding carboxylic acids is 1. The van der Waals surface area contributed by atoms with Crippen molar-refractivity contribution in [1.29, 1.82) is 0 Å². The zero-order valence-corrected chi connectivity index (χ0v) is 17.2. The predicted molar refractivity (Wildman–Crippen MR) is 108 cm³/mol. The molecule has 4 rings (SSSR count). The van der Waals surface area contributed by atoms with E-state index in [2.05, 4.69) is 20.4 Å². The van der Waals surface area contributed by atoms with Crippen LogP contribution in [0.5, 0.6) is 0 Å². The fourth-order valence-electron chi connectivity index (χ4n) is 4.23. The quantitative estimate of drug-likeness (QED) is 0.661. The Balaban J connectivity index is 1.33. The smallest absolute Gasteiger partial charge is 0.356 e. The highest BCUT2D eigenvalue weighted by Gasteiger charge is 2.37. The van der Waals surface area contributed by atoms with Gasteiger partial charge in [0.25, 0.3) is 11.6 Å². The summed E-state index contributed by atoms with van der Waals surface area (Å²) in [6.45, 7) is 2.62. The number of aryl methyl sites for hydroxylation is 1. The molecule has 164 valence electrons. The summed E-state index contributed by atoms with van der Waals surface area (Å²) in [5.41, 5.74) is 2.83. The van der Waals surface area contributed by atoms with E-state index in [1.165, 1.54) is 10.7 Å². The first-order valence-corrected chi connectivity index (χ1v) is 10.4. The number of nitrogens with zero attached hydrogens (tertiary/aromatic N) is 4. The van der Waals surface area contributed by atoms with Gasteiger partial charge in [0.1, 0.15) is 0 Å². The number of carbonyl (C=O) groups is 1. The van der Waals surface area contributed by atoms with E-state index >= 15 is 0 Å². The molecule has 6 nitrogen and oxygen atoms in total. The maximum absolute atomic E-state index is 13.0. The van der Waals surface area contributed by atoms with Gasteiger partial charge in [0.2, 0.25) is 5.91 Å². The van der Waals surface area contributed by atoms with Gasteiger partial charge < -0.3 is 5.32 Å². The van der Waals surface area contributed by atoms with Crippen LogP contribution in [-0.2, 0) is 17.4 Å². The molecule has 3 aromatic rings. The molecule has 31 heavy (non-hydrogen) atoms. The molecule has 0 unspecified atom stereocenters. The first-order valence-electron chi connectivity index (χ1n) is 10.4. The van der Waals surface area contributed by atoms with Gasteiger partial charge in [0.15, 0.2) is 0 Å². The number of hydrogen-bond acceptors (Lipinski definition) is 4. The van der Waals surface area contributed by atoms with Crippen molar-refractivity contribution in [3.05, 3.63) is 59.2 Å². The number of benzene rings is 1. The number of hydrogen-bond donors (Lipinski definition) is 1. The van der Waals surface area contributed by atoms with Crippen LogP contribution in [0, 0.1) is 12.8 Å². The van der Waals surface area contributed by atoms with E-state index in [0.717, 1.165) is 36.8 Å². The molecule has 0 bridgehead atoms. The lowest BCUT2D eigenvalue weighted by molar-refractivity contribution is -0.144. The molecule has 1 aliphatic rings. The van der Waals surface area contributed by atoms with Crippen LogP contribution in [0.1, 0.15) is 54.2 Å². The maximum atomic E-state index is 13.0. The highest BCUT2D eigenvalue weighted by molar-refractivity contribution is 5.78. The van der Waals surface area contributed by atoms with Crippen LogP contribution < -0.4 is 5.32 Å². The Bertz CT molecular complexity index is 1070. The van der Waals surface area contributed by atoms with Crippen molar-refractivity contribution in [2.45, 2.75) is 51.1 Å². The molecule has 0 aliphatic heterocycles. The van der Waals surface area contributed by atoms with Gasteiger partial charge in [0, 0.05) is 18.7 Å². The summed E-state index contributed by atoms with van der Waals surface area (Å²) >= 11 is 0. The molecule has 0 radical (unpaired) electrons. The summed E-state index contributed by atoms with van der Waals surface area (Å²) in [5.74, 6) is -0.747. The third-order valence-corrected chi connectivity index (χ3v) is 5.82. The van der Waals surface area contributed by atoms with E-state index < -0.39 is 12.0 Å². The van der Waals surface area contributed by atoms with Crippen molar-refractivity contribution in [1.82, 2.24) is 24.9 Å². The second-order valence-corrected chi connectivity index (χ2v) is 8.20. The second kappa shape index (κ2) is 8.64. The SMILES string of the molecule is Cc1cccc(CC(=O)NCC2CCC(c3ccnc4nc(C(F)(F)F)nn34)CC2)c1. The number of rotatable bonds is 5. The average Bonchev–Trinajstić information content (AvgIpc) is 3.18. The van der Waals surface area contributed by atoms with Crippen molar-refractivity contribution in [2.24, 2.45) is 5.92 Å². The lowest BCUT2D eigenvalue weighted by Gasteiger charge is -2.28. The normalized spacial score (nSPS) is 19.5. The third kappa shape index (κ3) is 5.03. The van der Waals surface area contributed by atoms with E-state index in [-0.39, 0.29) is 17.6 Å². The van der Waals surface area contributed by atoms with Crippen LogP contribution in [0.3, 0.4) is 0 Å². The summed E-state index contributed by atoms with van der Waals surface area (Å²) in [4.78, 5) is 19.7. The zero-order chi connectivity index (χ0) is 22.0. The van der Waals surface area contributed by atoms with Crippen LogP contribution in [0.15, 0.2) is 36.5 Å². The molecule has 1 saturated carbocycles. The summed E-state index contributed by atoms with van der Waals surface area (Å²) in [7, 11) is 0. The van der Waals surface area contributed by atoms with Crippen LogP contribution in [0.25, 0.3) is 5.78 Å². The van der Waals surface area contributed by atoms with E-state index in [1.54, 1.807) is 6.07 Å². The Morgan fingerprint density at radius 1 is 1.19 bits per heavy atom. The second-order valence-electron chi connectivity index (χ2n) is 8.20. The third-order valence-electron chi connectivity index (χ3n) is 5.82. The molecule has 1 fully saturated rings. The van der Waals surface area contributed by atoms with Crippen molar-refractivity contribution >= 4 is 11.7 Å². The maximum Gasteiger partial charge on any atom is 0.453 e. The topological polar surface area (TPSA) is 72.2 Å². The summed E-state index contributed by atoms with van der Waals surface area (Å²) in [6, 6.07) is 9.62. The molecule has 0 saturated heterocycles. The highest BCUT2D eigenvalue weighted by atomic mass is 19.4. The number of halogens is 3. The van der Waals surface area contributed by atoms with E-state index in [1.807, 2.05) is 31.2 Å². The molecular formula is C22H24F3N5O. The highest BCUT2D eigenvalue weighted by Crippen LogP contribution is 2.36. The lowest BCUT2D eigenvalue weighted by atomic mass is 9.80. The van der Waals surface area contributed by atoms with Crippen LogP contribution in [0.2, 0.25) is 0 Å². The van der Waals surface area contributed by atoms with Crippen molar-refractivity contribution in [3.8, 4) is 0 Å². The summed E-state index contributed by atoms with van der Waals surface area (Å²) in [6.07, 6.45) is 0.661. The van der Waals surface area contributed by atoms with Crippen LogP contribution >= 0.6 is 0 Å². The number of nitrogens with one attached hydrogen (secondary N) is 1. The van der Waals surface area contributed by atoms with E-state index in [4.69, 9.17) is 0 Å². The van der Waals surface area contributed by atoms with Gasteiger partial charge in [-0.15, -0.1) is 5.10 Å². The molecule has 0 spiro atoms. The first-order chi connectivity index (χ1) is 14.8. The van der Waals surface area contributed by atoms with E-state index in [0.29, 0.717) is 24.6 Å². The Morgan fingerprint density at radius 2 is 1.97 bits per heavy atom. The van der Waals surface area contributed by atoms with Crippen LogP contribution in [-0.4, -0.2) is 32.0 Å². The summed E-state index contributed by atoms with van der Waals surface area (Å²) < 4.78 is 40.1. The Morgan fingerprint density at radius 3 is 2.68 bits per heavy atom. The van der Waals surface area contributed by atoms with Gasteiger partial charge in [-0.05, 0) is 50.2 Å². The van der Waals surface area contributed by atoms with Crippen molar-refractivity contribution in [2.75, 3.05) is 6.54 Å². The van der Waals surface area contributed by atoms with Gasteiger partial charge in [-0.25, -0.2) is 9.50 Å². The molecule has 1 aliphatic carbocycles. The van der Waals surface area contributed by atoms with Crippen LogP contribution in [0.4, 0.5) is 13.2 Å².